The van der Waals surface area contributed by atoms with Gasteiger partial charge in [-0.3, -0.25) is 9.59 Å². The number of carbonyl (C=O) groups excluding carboxylic acids is 2. The molecule has 0 radical (unpaired) electrons. The lowest BCUT2D eigenvalue weighted by Gasteiger charge is -2.20. The van der Waals surface area contributed by atoms with Crippen LogP contribution in [0.4, 0.5) is 0 Å². The van der Waals surface area contributed by atoms with Gasteiger partial charge in [0, 0.05) is 49.1 Å². The SMILES string of the molecule is O=C(C#Cc1ccccc1)N(C/C=C\CN(Cc1ccccc1)C(=O)C#Cc1ccccc1)Cc1ccccc1. The average Bonchev–Trinajstić information content (AvgIpc) is 3.01. The van der Waals surface area contributed by atoms with E-state index in [0.29, 0.717) is 26.2 Å². The largest absolute Gasteiger partial charge is 0.324 e. The predicted molar refractivity (Wildman–Crippen MR) is 159 cm³/mol. The molecule has 0 aliphatic carbocycles. The zero-order chi connectivity index (χ0) is 27.8. The zero-order valence-corrected chi connectivity index (χ0v) is 22.2. The molecule has 0 unspecified atom stereocenters. The van der Waals surface area contributed by atoms with E-state index in [-0.39, 0.29) is 11.8 Å². The Labute approximate surface area is 236 Å². The smallest absolute Gasteiger partial charge is 0.299 e. The Kier molecular flexibility index (Phi) is 10.5. The van der Waals surface area contributed by atoms with Crippen molar-refractivity contribution < 1.29 is 9.59 Å². The summed E-state index contributed by atoms with van der Waals surface area (Å²) in [4.78, 5) is 29.5. The molecule has 0 spiro atoms. The molecule has 196 valence electrons. The van der Waals surface area contributed by atoms with Crippen LogP contribution in [0.25, 0.3) is 0 Å². The first-order valence-corrected chi connectivity index (χ1v) is 13.1. The van der Waals surface area contributed by atoms with E-state index in [2.05, 4.69) is 23.7 Å². The van der Waals surface area contributed by atoms with Crippen molar-refractivity contribution in [3.05, 3.63) is 156 Å². The Bertz CT molecular complexity index is 1410. The third-order valence-electron chi connectivity index (χ3n) is 6.00. The van der Waals surface area contributed by atoms with Crippen LogP contribution in [-0.2, 0) is 22.7 Å². The summed E-state index contributed by atoms with van der Waals surface area (Å²) in [5.74, 6) is 10.9. The van der Waals surface area contributed by atoms with Gasteiger partial charge in [-0.05, 0) is 35.4 Å². The van der Waals surface area contributed by atoms with Gasteiger partial charge < -0.3 is 9.80 Å². The highest BCUT2D eigenvalue weighted by molar-refractivity contribution is 5.94. The Hall–Kier alpha value is -5.32. The van der Waals surface area contributed by atoms with Crippen molar-refractivity contribution in [1.82, 2.24) is 9.80 Å². The van der Waals surface area contributed by atoms with Crippen molar-refractivity contribution in [2.45, 2.75) is 13.1 Å². The molecule has 0 aliphatic heterocycles. The third kappa shape index (κ3) is 9.21. The lowest BCUT2D eigenvalue weighted by molar-refractivity contribution is -0.126. The van der Waals surface area contributed by atoms with E-state index in [1.165, 1.54) is 0 Å². The molecule has 0 saturated heterocycles. The van der Waals surface area contributed by atoms with Crippen LogP contribution in [0, 0.1) is 23.7 Å². The minimum absolute atomic E-state index is 0.261. The molecule has 4 rings (SSSR count). The van der Waals surface area contributed by atoms with Crippen LogP contribution in [0.15, 0.2) is 133 Å². The lowest BCUT2D eigenvalue weighted by Crippen LogP contribution is -2.31. The number of rotatable bonds is 8. The molecule has 0 N–H and O–H groups in total. The third-order valence-corrected chi connectivity index (χ3v) is 6.00. The molecule has 40 heavy (non-hydrogen) atoms. The maximum absolute atomic E-state index is 13.1. The van der Waals surface area contributed by atoms with E-state index in [1.54, 1.807) is 9.80 Å². The summed E-state index contributed by atoms with van der Waals surface area (Å²) >= 11 is 0. The summed E-state index contributed by atoms with van der Waals surface area (Å²) in [5.41, 5.74) is 3.61. The second-order valence-corrected chi connectivity index (χ2v) is 9.05. The first-order chi connectivity index (χ1) is 19.7. The Morgan fingerprint density at radius 3 is 1.18 bits per heavy atom. The molecule has 0 heterocycles. The number of benzene rings is 4. The summed E-state index contributed by atoms with van der Waals surface area (Å²) in [6, 6.07) is 38.6. The molecule has 0 atom stereocenters. The van der Waals surface area contributed by atoms with E-state index >= 15 is 0 Å². The molecule has 4 aromatic carbocycles. The zero-order valence-electron chi connectivity index (χ0n) is 22.2. The molecule has 0 aromatic heterocycles. The number of carbonyl (C=O) groups is 2. The molecule has 4 heteroatoms. The van der Waals surface area contributed by atoms with Gasteiger partial charge in [0.05, 0.1) is 0 Å². The highest BCUT2D eigenvalue weighted by Gasteiger charge is 2.12. The maximum atomic E-state index is 13.1. The van der Waals surface area contributed by atoms with Crippen LogP contribution in [-0.4, -0.2) is 34.7 Å². The standard InChI is InChI=1S/C36H30N2O2/c39-35(25-23-31-15-5-1-6-16-31)37(29-33-19-9-3-10-20-33)27-13-14-28-38(30-34-21-11-4-12-22-34)36(40)26-24-32-17-7-2-8-18-32/h1-22H,27-30H2/b14-13-. The van der Waals surface area contributed by atoms with E-state index in [1.807, 2.05) is 133 Å². The second kappa shape index (κ2) is 15.2. The van der Waals surface area contributed by atoms with Crippen LogP contribution in [0.5, 0.6) is 0 Å². The lowest BCUT2D eigenvalue weighted by atomic mass is 10.2. The first-order valence-electron chi connectivity index (χ1n) is 13.1. The van der Waals surface area contributed by atoms with Gasteiger partial charge in [-0.25, -0.2) is 0 Å². The van der Waals surface area contributed by atoms with Crippen LogP contribution < -0.4 is 0 Å². The van der Waals surface area contributed by atoms with Crippen molar-refractivity contribution in [1.29, 1.82) is 0 Å². The fourth-order valence-corrected chi connectivity index (χ4v) is 3.90. The van der Waals surface area contributed by atoms with Gasteiger partial charge in [-0.15, -0.1) is 0 Å². The van der Waals surface area contributed by atoms with E-state index in [4.69, 9.17) is 0 Å². The molecule has 4 aromatic rings. The molecule has 2 amide bonds. The summed E-state index contributed by atoms with van der Waals surface area (Å²) in [6.07, 6.45) is 3.81. The van der Waals surface area contributed by atoms with Crippen molar-refractivity contribution in [3.8, 4) is 23.7 Å². The van der Waals surface area contributed by atoms with Gasteiger partial charge in [0.1, 0.15) is 0 Å². The van der Waals surface area contributed by atoms with Gasteiger partial charge >= 0.3 is 0 Å². The van der Waals surface area contributed by atoms with Crippen molar-refractivity contribution >= 4 is 11.8 Å². The molecular formula is C36H30N2O2. The van der Waals surface area contributed by atoms with E-state index < -0.39 is 0 Å². The van der Waals surface area contributed by atoms with E-state index in [0.717, 1.165) is 22.3 Å². The van der Waals surface area contributed by atoms with Crippen molar-refractivity contribution in [3.63, 3.8) is 0 Å². The molecule has 0 bridgehead atoms. The molecular weight excluding hydrogens is 492 g/mol. The minimum atomic E-state index is -0.261. The van der Waals surface area contributed by atoms with Crippen molar-refractivity contribution in [2.75, 3.05) is 13.1 Å². The highest BCUT2D eigenvalue weighted by Crippen LogP contribution is 2.08. The summed E-state index contributed by atoms with van der Waals surface area (Å²) in [7, 11) is 0. The number of amides is 2. The Balaban J connectivity index is 1.46. The summed E-state index contributed by atoms with van der Waals surface area (Å²) < 4.78 is 0. The fourth-order valence-electron chi connectivity index (χ4n) is 3.90. The second-order valence-electron chi connectivity index (χ2n) is 9.05. The van der Waals surface area contributed by atoms with Crippen LogP contribution in [0.2, 0.25) is 0 Å². The predicted octanol–water partition coefficient (Wildman–Crippen LogP) is 5.70. The normalized spacial score (nSPS) is 10.1. The Morgan fingerprint density at radius 1 is 0.500 bits per heavy atom. The van der Waals surface area contributed by atoms with Gasteiger partial charge in [0.15, 0.2) is 0 Å². The van der Waals surface area contributed by atoms with Gasteiger partial charge in [0.2, 0.25) is 0 Å². The van der Waals surface area contributed by atoms with Crippen LogP contribution in [0.3, 0.4) is 0 Å². The van der Waals surface area contributed by atoms with Crippen molar-refractivity contribution in [2.24, 2.45) is 0 Å². The summed E-state index contributed by atoms with van der Waals surface area (Å²) in [5, 5.41) is 0. The van der Waals surface area contributed by atoms with Gasteiger partial charge in [-0.2, -0.15) is 0 Å². The number of nitrogens with zero attached hydrogens (tertiary/aromatic N) is 2. The molecule has 0 aliphatic rings. The summed E-state index contributed by atoms with van der Waals surface area (Å²) in [6.45, 7) is 1.59. The highest BCUT2D eigenvalue weighted by atomic mass is 16.2. The molecule has 0 saturated carbocycles. The monoisotopic (exact) mass is 522 g/mol. The van der Waals surface area contributed by atoms with Gasteiger partial charge in [0.25, 0.3) is 11.8 Å². The number of hydrogen-bond acceptors (Lipinski definition) is 2. The van der Waals surface area contributed by atoms with Crippen LogP contribution >= 0.6 is 0 Å². The quantitative estimate of drug-likeness (QED) is 0.220. The fraction of sp³-hybridized carbons (Fsp3) is 0.111. The Morgan fingerprint density at radius 2 is 0.825 bits per heavy atom. The minimum Gasteiger partial charge on any atom is -0.324 e. The topological polar surface area (TPSA) is 40.6 Å². The number of hydrogen-bond donors (Lipinski definition) is 0. The molecule has 0 fully saturated rings. The maximum Gasteiger partial charge on any atom is 0.299 e. The first kappa shape index (κ1) is 27.7. The average molecular weight is 523 g/mol. The van der Waals surface area contributed by atoms with Gasteiger partial charge in [-0.1, -0.05) is 121 Å². The van der Waals surface area contributed by atoms with E-state index in [9.17, 15) is 9.59 Å². The molecule has 4 nitrogen and oxygen atoms in total. The van der Waals surface area contributed by atoms with Crippen LogP contribution in [0.1, 0.15) is 22.3 Å².